The summed E-state index contributed by atoms with van der Waals surface area (Å²) in [6, 6.07) is 5.06. The normalized spacial score (nSPS) is 10.9. The first kappa shape index (κ1) is 16.5. The monoisotopic (exact) mass is 285 g/mol. The van der Waals surface area contributed by atoms with E-state index in [1.807, 2.05) is 17.8 Å². The first-order valence-corrected chi connectivity index (χ1v) is 7.87. The van der Waals surface area contributed by atoms with Gasteiger partial charge >= 0.3 is 0 Å². The molecule has 1 N–H and O–H groups in total. The van der Waals surface area contributed by atoms with Crippen LogP contribution in [-0.2, 0) is 11.3 Å². The molecule has 2 nitrogen and oxygen atoms in total. The molecule has 0 amide bonds. The third-order valence-electron chi connectivity index (χ3n) is 2.83. The van der Waals surface area contributed by atoms with E-state index in [9.17, 15) is 4.39 Å². The molecule has 0 atom stereocenters. The minimum Gasteiger partial charge on any atom is -0.383 e. The Hall–Kier alpha value is -0.580. The van der Waals surface area contributed by atoms with Gasteiger partial charge in [0.15, 0.2) is 0 Å². The van der Waals surface area contributed by atoms with Crippen molar-refractivity contribution in [1.29, 1.82) is 0 Å². The second-order valence-electron chi connectivity index (χ2n) is 4.48. The molecular weight excluding hydrogens is 261 g/mol. The van der Waals surface area contributed by atoms with Gasteiger partial charge in [-0.05, 0) is 35.9 Å². The van der Waals surface area contributed by atoms with Crippen LogP contribution in [0.2, 0.25) is 0 Å². The largest absolute Gasteiger partial charge is 0.383 e. The quantitative estimate of drug-likeness (QED) is 0.521. The van der Waals surface area contributed by atoms with Crippen molar-refractivity contribution in [3.8, 4) is 0 Å². The molecule has 1 aromatic rings. The number of rotatable bonds is 10. The van der Waals surface area contributed by atoms with Crippen molar-refractivity contribution in [2.24, 2.45) is 0 Å². The van der Waals surface area contributed by atoms with Crippen LogP contribution < -0.4 is 5.32 Å². The molecule has 1 aromatic carbocycles. The van der Waals surface area contributed by atoms with Gasteiger partial charge in [0.1, 0.15) is 5.82 Å². The highest BCUT2D eigenvalue weighted by Crippen LogP contribution is 2.24. The predicted molar refractivity (Wildman–Crippen MR) is 80.2 cm³/mol. The third-order valence-corrected chi connectivity index (χ3v) is 4.03. The molecule has 0 fully saturated rings. The van der Waals surface area contributed by atoms with E-state index in [2.05, 4.69) is 12.2 Å². The molecule has 1 rings (SSSR count). The number of thioether (sulfide) groups is 1. The van der Waals surface area contributed by atoms with Crippen LogP contribution in [0.3, 0.4) is 0 Å². The SMILES string of the molecule is CCCCCSc1ccc(F)cc1CNCCOC. The third kappa shape index (κ3) is 6.95. The maximum absolute atomic E-state index is 13.3. The Morgan fingerprint density at radius 2 is 2.16 bits per heavy atom. The number of unbranched alkanes of at least 4 members (excludes halogenated alkanes) is 2. The summed E-state index contributed by atoms with van der Waals surface area (Å²) in [6.07, 6.45) is 3.71. The zero-order valence-electron chi connectivity index (χ0n) is 11.9. The standard InChI is InChI=1S/C15H24FNOS/c1-3-4-5-10-19-15-7-6-14(16)11-13(15)12-17-8-9-18-2/h6-7,11,17H,3-5,8-10,12H2,1-2H3. The van der Waals surface area contributed by atoms with Crippen LogP contribution in [0, 0.1) is 5.82 Å². The lowest BCUT2D eigenvalue weighted by atomic mass is 10.2. The Bertz CT molecular complexity index is 360. The van der Waals surface area contributed by atoms with E-state index in [0.29, 0.717) is 13.2 Å². The lowest BCUT2D eigenvalue weighted by molar-refractivity contribution is 0.199. The van der Waals surface area contributed by atoms with Crippen LogP contribution in [0.15, 0.2) is 23.1 Å². The fourth-order valence-corrected chi connectivity index (χ4v) is 2.81. The number of hydrogen-bond acceptors (Lipinski definition) is 3. The number of halogens is 1. The van der Waals surface area contributed by atoms with Crippen molar-refractivity contribution in [3.05, 3.63) is 29.6 Å². The predicted octanol–water partition coefficient (Wildman–Crippen LogP) is 3.84. The molecule has 4 heteroatoms. The molecule has 0 saturated heterocycles. The molecule has 0 unspecified atom stereocenters. The second kappa shape index (κ2) is 10.2. The van der Waals surface area contributed by atoms with Gasteiger partial charge in [0.05, 0.1) is 6.61 Å². The zero-order valence-corrected chi connectivity index (χ0v) is 12.7. The smallest absolute Gasteiger partial charge is 0.123 e. The molecule has 0 bridgehead atoms. The summed E-state index contributed by atoms with van der Waals surface area (Å²) in [5.41, 5.74) is 1.04. The van der Waals surface area contributed by atoms with Gasteiger partial charge in [0, 0.05) is 25.1 Å². The summed E-state index contributed by atoms with van der Waals surface area (Å²) in [6.45, 7) is 4.35. The minimum atomic E-state index is -0.165. The minimum absolute atomic E-state index is 0.165. The van der Waals surface area contributed by atoms with E-state index in [-0.39, 0.29) is 5.82 Å². The lowest BCUT2D eigenvalue weighted by Gasteiger charge is -2.10. The fraction of sp³-hybridized carbons (Fsp3) is 0.600. The van der Waals surface area contributed by atoms with E-state index in [1.54, 1.807) is 19.2 Å². The highest BCUT2D eigenvalue weighted by atomic mass is 32.2. The van der Waals surface area contributed by atoms with Gasteiger partial charge in [-0.1, -0.05) is 19.8 Å². The number of methoxy groups -OCH3 is 1. The van der Waals surface area contributed by atoms with Crippen LogP contribution in [0.4, 0.5) is 4.39 Å². The summed E-state index contributed by atoms with van der Waals surface area (Å²) in [4.78, 5) is 1.18. The van der Waals surface area contributed by atoms with Crippen LogP contribution in [-0.4, -0.2) is 26.0 Å². The molecular formula is C15H24FNOS. The number of ether oxygens (including phenoxy) is 1. The van der Waals surface area contributed by atoms with E-state index in [0.717, 1.165) is 17.9 Å². The van der Waals surface area contributed by atoms with E-state index in [4.69, 9.17) is 4.74 Å². The van der Waals surface area contributed by atoms with Crippen molar-refractivity contribution in [3.63, 3.8) is 0 Å². The molecule has 0 aliphatic carbocycles. The van der Waals surface area contributed by atoms with Crippen molar-refractivity contribution in [2.75, 3.05) is 26.0 Å². The Kier molecular flexibility index (Phi) is 8.88. The Morgan fingerprint density at radius 3 is 2.89 bits per heavy atom. The van der Waals surface area contributed by atoms with Gasteiger partial charge in [0.25, 0.3) is 0 Å². The fourth-order valence-electron chi connectivity index (χ4n) is 1.76. The molecule has 0 aliphatic heterocycles. The molecule has 108 valence electrons. The maximum atomic E-state index is 13.3. The van der Waals surface area contributed by atoms with Crippen LogP contribution in [0.25, 0.3) is 0 Å². The maximum Gasteiger partial charge on any atom is 0.123 e. The van der Waals surface area contributed by atoms with Gasteiger partial charge in [-0.25, -0.2) is 4.39 Å². The highest BCUT2D eigenvalue weighted by Gasteiger charge is 2.04. The van der Waals surface area contributed by atoms with Crippen LogP contribution in [0.1, 0.15) is 31.7 Å². The van der Waals surface area contributed by atoms with Gasteiger partial charge < -0.3 is 10.1 Å². The van der Waals surface area contributed by atoms with Gasteiger partial charge in [-0.2, -0.15) is 0 Å². The summed E-state index contributed by atoms with van der Waals surface area (Å²) >= 11 is 1.82. The van der Waals surface area contributed by atoms with Gasteiger partial charge in [0.2, 0.25) is 0 Å². The Balaban J connectivity index is 2.48. The topological polar surface area (TPSA) is 21.3 Å². The van der Waals surface area contributed by atoms with E-state index in [1.165, 1.54) is 24.2 Å². The molecule has 19 heavy (non-hydrogen) atoms. The van der Waals surface area contributed by atoms with Crippen molar-refractivity contribution in [2.45, 2.75) is 37.6 Å². The van der Waals surface area contributed by atoms with Crippen molar-refractivity contribution < 1.29 is 9.13 Å². The number of benzene rings is 1. The zero-order chi connectivity index (χ0) is 13.9. The summed E-state index contributed by atoms with van der Waals surface area (Å²) in [5, 5.41) is 3.27. The molecule has 0 saturated carbocycles. The molecule has 0 heterocycles. The number of nitrogens with one attached hydrogen (secondary N) is 1. The highest BCUT2D eigenvalue weighted by molar-refractivity contribution is 7.99. The van der Waals surface area contributed by atoms with Gasteiger partial charge in [-0.15, -0.1) is 11.8 Å². The summed E-state index contributed by atoms with van der Waals surface area (Å²) in [7, 11) is 1.68. The molecule has 0 spiro atoms. The number of hydrogen-bond donors (Lipinski definition) is 1. The summed E-state index contributed by atoms with van der Waals surface area (Å²) < 4.78 is 18.3. The summed E-state index contributed by atoms with van der Waals surface area (Å²) in [5.74, 6) is 0.936. The van der Waals surface area contributed by atoms with Crippen molar-refractivity contribution >= 4 is 11.8 Å². The van der Waals surface area contributed by atoms with Crippen LogP contribution >= 0.6 is 11.8 Å². The molecule has 0 aliphatic rings. The van der Waals surface area contributed by atoms with E-state index >= 15 is 0 Å². The first-order valence-electron chi connectivity index (χ1n) is 6.88. The van der Waals surface area contributed by atoms with Crippen molar-refractivity contribution in [1.82, 2.24) is 5.32 Å². The Labute approximate surface area is 120 Å². The molecule has 0 radical (unpaired) electrons. The second-order valence-corrected chi connectivity index (χ2v) is 5.61. The van der Waals surface area contributed by atoms with Gasteiger partial charge in [-0.3, -0.25) is 0 Å². The van der Waals surface area contributed by atoms with E-state index < -0.39 is 0 Å². The average Bonchev–Trinajstić information content (AvgIpc) is 2.41. The average molecular weight is 285 g/mol. The molecule has 0 aromatic heterocycles. The Morgan fingerprint density at radius 1 is 1.32 bits per heavy atom. The lowest BCUT2D eigenvalue weighted by Crippen LogP contribution is -2.19. The first-order chi connectivity index (χ1) is 9.27. The van der Waals surface area contributed by atoms with Crippen LogP contribution in [0.5, 0.6) is 0 Å².